The topological polar surface area (TPSA) is 88.3 Å². The minimum absolute atomic E-state index is 0.261. The van der Waals surface area contributed by atoms with E-state index in [0.717, 1.165) is 74.0 Å². The van der Waals surface area contributed by atoms with Gasteiger partial charge < -0.3 is 24.7 Å². The molecule has 1 atom stereocenters. The number of ether oxygens (including phenoxy) is 1. The van der Waals surface area contributed by atoms with Crippen LogP contribution in [0.2, 0.25) is 0 Å². The first-order valence-electron chi connectivity index (χ1n) is 10.4. The molecule has 1 fully saturated rings. The molecule has 2 N–H and O–H groups in total. The predicted molar refractivity (Wildman–Crippen MR) is 115 cm³/mol. The Labute approximate surface area is 175 Å². The summed E-state index contributed by atoms with van der Waals surface area (Å²) in [6.07, 6.45) is 6.55. The molecule has 0 saturated carbocycles. The van der Waals surface area contributed by atoms with Crippen LogP contribution in [-0.4, -0.2) is 52.7 Å². The second-order valence-corrected chi connectivity index (χ2v) is 7.89. The van der Waals surface area contributed by atoms with Crippen molar-refractivity contribution in [1.29, 1.82) is 0 Å². The van der Waals surface area contributed by atoms with Crippen LogP contribution in [0.25, 0.3) is 11.3 Å². The van der Waals surface area contributed by atoms with Crippen LogP contribution < -0.4 is 10.6 Å². The zero-order valence-corrected chi connectivity index (χ0v) is 17.1. The molecule has 156 valence electrons. The first-order valence-corrected chi connectivity index (χ1v) is 10.4. The quantitative estimate of drug-likeness (QED) is 0.644. The average molecular weight is 406 g/mol. The molecule has 30 heavy (non-hydrogen) atoms. The molecule has 0 unspecified atom stereocenters. The fraction of sp³-hybridized carbons (Fsp3) is 0.409. The first kappa shape index (κ1) is 19.0. The maximum absolute atomic E-state index is 5.76. The lowest BCUT2D eigenvalue weighted by molar-refractivity contribution is 0.120. The third kappa shape index (κ3) is 4.15. The molecule has 2 aromatic heterocycles. The van der Waals surface area contributed by atoms with E-state index in [1.54, 1.807) is 6.20 Å². The Morgan fingerprint density at radius 3 is 2.87 bits per heavy atom. The van der Waals surface area contributed by atoms with Gasteiger partial charge in [0.1, 0.15) is 5.82 Å². The molecule has 1 aromatic carbocycles. The van der Waals surface area contributed by atoms with Crippen molar-refractivity contribution >= 4 is 17.5 Å². The molecule has 0 bridgehead atoms. The number of benzene rings is 1. The van der Waals surface area contributed by atoms with Crippen molar-refractivity contribution < 1.29 is 9.15 Å². The van der Waals surface area contributed by atoms with E-state index in [0.29, 0.717) is 5.95 Å². The summed E-state index contributed by atoms with van der Waals surface area (Å²) in [6.45, 7) is 3.49. The van der Waals surface area contributed by atoms with Gasteiger partial charge in [-0.25, -0.2) is 9.97 Å². The van der Waals surface area contributed by atoms with E-state index in [4.69, 9.17) is 19.1 Å². The van der Waals surface area contributed by atoms with Crippen molar-refractivity contribution in [1.82, 2.24) is 19.9 Å². The Hall–Kier alpha value is -2.97. The number of anilines is 3. The molecule has 8 heteroatoms. The molecule has 0 aliphatic carbocycles. The summed E-state index contributed by atoms with van der Waals surface area (Å²) < 4.78 is 11.1. The largest absolute Gasteiger partial charge is 0.444 e. The SMILES string of the molecule is CN1CCc2nc(Nc3ccc(-c4cnco4)cc3)nc(NC[C@@H]3CCCO3)c2C1. The highest BCUT2D eigenvalue weighted by molar-refractivity contribution is 5.64. The van der Waals surface area contributed by atoms with Crippen molar-refractivity contribution in [2.45, 2.75) is 31.9 Å². The third-order valence-electron chi connectivity index (χ3n) is 5.63. The summed E-state index contributed by atoms with van der Waals surface area (Å²) in [5.41, 5.74) is 4.20. The lowest BCUT2D eigenvalue weighted by atomic mass is 10.1. The van der Waals surface area contributed by atoms with Gasteiger partial charge in [0.2, 0.25) is 5.95 Å². The van der Waals surface area contributed by atoms with E-state index in [1.165, 1.54) is 12.0 Å². The number of rotatable bonds is 6. The summed E-state index contributed by atoms with van der Waals surface area (Å²) in [4.78, 5) is 15.9. The number of likely N-dealkylation sites (N-methyl/N-ethyl adjacent to an activating group) is 1. The highest BCUT2D eigenvalue weighted by Gasteiger charge is 2.22. The highest BCUT2D eigenvalue weighted by Crippen LogP contribution is 2.27. The molecule has 3 aromatic rings. The fourth-order valence-electron chi connectivity index (χ4n) is 3.97. The zero-order chi connectivity index (χ0) is 20.3. The molecule has 0 amide bonds. The molecular weight excluding hydrogens is 380 g/mol. The smallest absolute Gasteiger partial charge is 0.229 e. The Bertz CT molecular complexity index is 984. The van der Waals surface area contributed by atoms with Crippen molar-refractivity contribution in [3.8, 4) is 11.3 Å². The van der Waals surface area contributed by atoms with Gasteiger partial charge in [0.15, 0.2) is 12.2 Å². The number of nitrogens with one attached hydrogen (secondary N) is 2. The van der Waals surface area contributed by atoms with Crippen molar-refractivity contribution in [3.05, 3.63) is 48.1 Å². The van der Waals surface area contributed by atoms with Gasteiger partial charge in [-0.3, -0.25) is 0 Å². The molecule has 8 nitrogen and oxygen atoms in total. The normalized spacial score (nSPS) is 18.9. The van der Waals surface area contributed by atoms with E-state index >= 15 is 0 Å². The van der Waals surface area contributed by atoms with Gasteiger partial charge >= 0.3 is 0 Å². The Balaban J connectivity index is 1.37. The maximum atomic E-state index is 5.76. The van der Waals surface area contributed by atoms with Crippen LogP contribution in [0.5, 0.6) is 0 Å². The van der Waals surface area contributed by atoms with E-state index in [-0.39, 0.29) is 6.10 Å². The zero-order valence-electron chi connectivity index (χ0n) is 17.1. The van der Waals surface area contributed by atoms with Gasteiger partial charge in [0.05, 0.1) is 18.0 Å². The molecule has 4 heterocycles. The number of oxazole rings is 1. The summed E-state index contributed by atoms with van der Waals surface area (Å²) in [6, 6.07) is 7.97. The minimum atomic E-state index is 0.261. The summed E-state index contributed by atoms with van der Waals surface area (Å²) in [5.74, 6) is 2.26. The summed E-state index contributed by atoms with van der Waals surface area (Å²) in [5, 5.41) is 6.88. The number of aromatic nitrogens is 3. The molecule has 2 aliphatic heterocycles. The molecular formula is C22H26N6O2. The van der Waals surface area contributed by atoms with Gasteiger partial charge in [-0.05, 0) is 44.2 Å². The van der Waals surface area contributed by atoms with Crippen LogP contribution in [0, 0.1) is 0 Å². The predicted octanol–water partition coefficient (Wildman–Crippen LogP) is 3.45. The lowest BCUT2D eigenvalue weighted by Crippen LogP contribution is -2.30. The van der Waals surface area contributed by atoms with E-state index in [2.05, 4.69) is 27.6 Å². The Morgan fingerprint density at radius 2 is 2.10 bits per heavy atom. The summed E-state index contributed by atoms with van der Waals surface area (Å²) in [7, 11) is 2.13. The van der Waals surface area contributed by atoms with Gasteiger partial charge in [-0.1, -0.05) is 0 Å². The monoisotopic (exact) mass is 406 g/mol. The van der Waals surface area contributed by atoms with Crippen LogP contribution in [-0.2, 0) is 17.7 Å². The van der Waals surface area contributed by atoms with E-state index in [9.17, 15) is 0 Å². The summed E-state index contributed by atoms with van der Waals surface area (Å²) >= 11 is 0. The van der Waals surface area contributed by atoms with Gasteiger partial charge in [-0.15, -0.1) is 0 Å². The maximum Gasteiger partial charge on any atom is 0.229 e. The molecule has 5 rings (SSSR count). The Morgan fingerprint density at radius 1 is 1.20 bits per heavy atom. The van der Waals surface area contributed by atoms with Crippen molar-refractivity contribution in [2.75, 3.05) is 37.4 Å². The standard InChI is InChI=1S/C22H26N6O2/c1-28-9-8-19-18(13-28)21(24-11-17-3-2-10-29-17)27-22(26-19)25-16-6-4-15(5-7-16)20-12-23-14-30-20/h4-7,12,14,17H,2-3,8-11,13H2,1H3,(H2,24,25,26,27)/t17-/m0/s1. The van der Waals surface area contributed by atoms with E-state index < -0.39 is 0 Å². The van der Waals surface area contributed by atoms with E-state index in [1.807, 2.05) is 24.3 Å². The Kier molecular flexibility index (Phi) is 5.33. The second kappa shape index (κ2) is 8.41. The number of hydrogen-bond acceptors (Lipinski definition) is 8. The van der Waals surface area contributed by atoms with Crippen molar-refractivity contribution in [3.63, 3.8) is 0 Å². The molecule has 2 aliphatic rings. The molecule has 0 radical (unpaired) electrons. The number of nitrogens with zero attached hydrogens (tertiary/aromatic N) is 4. The minimum Gasteiger partial charge on any atom is -0.444 e. The third-order valence-corrected chi connectivity index (χ3v) is 5.63. The van der Waals surface area contributed by atoms with Gasteiger partial charge in [-0.2, -0.15) is 4.98 Å². The fourth-order valence-corrected chi connectivity index (χ4v) is 3.97. The van der Waals surface area contributed by atoms with Crippen LogP contribution in [0.3, 0.4) is 0 Å². The average Bonchev–Trinajstić information content (AvgIpc) is 3.47. The van der Waals surface area contributed by atoms with Crippen molar-refractivity contribution in [2.24, 2.45) is 0 Å². The van der Waals surface area contributed by atoms with Crippen LogP contribution in [0.15, 0.2) is 41.3 Å². The number of hydrogen-bond donors (Lipinski definition) is 2. The van der Waals surface area contributed by atoms with Crippen LogP contribution >= 0.6 is 0 Å². The number of fused-ring (bicyclic) bond motifs is 1. The molecule has 0 spiro atoms. The van der Waals surface area contributed by atoms with Crippen LogP contribution in [0.4, 0.5) is 17.5 Å². The lowest BCUT2D eigenvalue weighted by Gasteiger charge is -2.27. The first-order chi connectivity index (χ1) is 14.7. The van der Waals surface area contributed by atoms with Crippen LogP contribution in [0.1, 0.15) is 24.1 Å². The highest BCUT2D eigenvalue weighted by atomic mass is 16.5. The van der Waals surface area contributed by atoms with Gasteiger partial charge in [0.25, 0.3) is 0 Å². The molecule has 1 saturated heterocycles. The van der Waals surface area contributed by atoms with Gasteiger partial charge in [0, 0.05) is 49.5 Å². The second-order valence-electron chi connectivity index (χ2n) is 7.89.